The van der Waals surface area contributed by atoms with Crippen LogP contribution in [0.5, 0.6) is 0 Å². The van der Waals surface area contributed by atoms with Gasteiger partial charge in [-0.1, -0.05) is 164 Å². The second kappa shape index (κ2) is 18.7. The summed E-state index contributed by atoms with van der Waals surface area (Å²) >= 11 is 0. The Labute approximate surface area is 429 Å². The van der Waals surface area contributed by atoms with Crippen LogP contribution in [0.25, 0.3) is 117 Å². The highest BCUT2D eigenvalue weighted by molar-refractivity contribution is 5.95. The van der Waals surface area contributed by atoms with Gasteiger partial charge in [0.2, 0.25) is 0 Å². The van der Waals surface area contributed by atoms with Gasteiger partial charge < -0.3 is 0 Å². The van der Waals surface area contributed by atoms with Crippen molar-refractivity contribution in [2.24, 2.45) is 0 Å². The third-order valence-electron chi connectivity index (χ3n) is 13.8. The number of aromatic nitrogens is 6. The molecule has 0 atom stereocenters. The van der Waals surface area contributed by atoms with Gasteiger partial charge in [-0.05, 0) is 121 Å². The Bertz CT molecular complexity index is 4070. The van der Waals surface area contributed by atoms with Gasteiger partial charge in [-0.2, -0.15) is 0 Å². The van der Waals surface area contributed by atoms with E-state index in [1.807, 2.05) is 164 Å². The third kappa shape index (κ3) is 8.40. The lowest BCUT2D eigenvalue weighted by Gasteiger charge is -2.18. The third-order valence-corrected chi connectivity index (χ3v) is 13.8. The van der Waals surface area contributed by atoms with Gasteiger partial charge in [0.05, 0.1) is 17.1 Å². The summed E-state index contributed by atoms with van der Waals surface area (Å²) in [6.07, 6.45) is 5.39. The van der Waals surface area contributed by atoms with Crippen LogP contribution in [0.1, 0.15) is 0 Å². The molecule has 0 aliphatic rings. The molecule has 6 heterocycles. The molecule has 7 aromatic carbocycles. The predicted molar refractivity (Wildman–Crippen MR) is 300 cm³/mol. The van der Waals surface area contributed by atoms with Gasteiger partial charge in [0.1, 0.15) is 16.9 Å². The fourth-order valence-electron chi connectivity index (χ4n) is 10.1. The molecule has 0 fully saturated rings. The van der Waals surface area contributed by atoms with Crippen LogP contribution in [0.2, 0.25) is 0 Å². The first-order chi connectivity index (χ1) is 36.9. The minimum absolute atomic E-state index is 0.162. The second-order valence-corrected chi connectivity index (χ2v) is 18.4. The summed E-state index contributed by atoms with van der Waals surface area (Å²) in [5, 5.41) is 0. The molecule has 0 bridgehead atoms. The van der Waals surface area contributed by atoms with E-state index in [4.69, 9.17) is 15.0 Å². The maximum absolute atomic E-state index is 13.5. The number of fused-ring (bicyclic) bond motifs is 3. The Morgan fingerprint density at radius 1 is 0.227 bits per heavy atom. The van der Waals surface area contributed by atoms with E-state index in [1.165, 1.54) is 0 Å². The zero-order valence-corrected chi connectivity index (χ0v) is 40.2. The lowest BCUT2D eigenvalue weighted by atomic mass is 9.86. The SMILES string of the molecule is O=c1cc(-c2ccccc2)nc2cc(-c3ccccc3-c3cc(-c4ccccc4-c4ccn5c(=O)cc(-c6ccccc6)nc5c4)cc(-c4ccccc4-c4ccn5c(=O)cc(-c6ccccc6)nc5c4)c3)ccn12. The molecule has 6 aromatic heterocycles. The molecular weight excluding hydrogens is 925 g/mol. The smallest absolute Gasteiger partial charge is 0.258 e. The maximum Gasteiger partial charge on any atom is 0.258 e. The first-order valence-corrected chi connectivity index (χ1v) is 24.6. The van der Waals surface area contributed by atoms with Crippen molar-refractivity contribution in [3.8, 4) is 101 Å². The molecule has 0 saturated heterocycles. The van der Waals surface area contributed by atoms with Crippen LogP contribution in [-0.2, 0) is 0 Å². The molecule has 0 spiro atoms. The summed E-state index contributed by atoms with van der Waals surface area (Å²) in [7, 11) is 0. The van der Waals surface area contributed by atoms with Crippen LogP contribution in [0.15, 0.2) is 270 Å². The van der Waals surface area contributed by atoms with Crippen molar-refractivity contribution in [2.45, 2.75) is 0 Å². The monoisotopic (exact) mass is 966 g/mol. The van der Waals surface area contributed by atoms with Crippen LogP contribution < -0.4 is 16.7 Å². The lowest BCUT2D eigenvalue weighted by molar-refractivity contribution is 1.05. The highest BCUT2D eigenvalue weighted by atomic mass is 16.1. The number of pyridine rings is 3. The van der Waals surface area contributed by atoms with E-state index in [9.17, 15) is 14.4 Å². The van der Waals surface area contributed by atoms with Crippen LogP contribution in [0.3, 0.4) is 0 Å². The number of hydrogen-bond donors (Lipinski definition) is 0. The Morgan fingerprint density at radius 3 is 0.733 bits per heavy atom. The molecule has 13 aromatic rings. The molecule has 0 unspecified atom stereocenters. The summed E-state index contributed by atoms with van der Waals surface area (Å²) in [6.45, 7) is 0. The fourth-order valence-corrected chi connectivity index (χ4v) is 10.1. The van der Waals surface area contributed by atoms with Crippen molar-refractivity contribution in [3.63, 3.8) is 0 Å². The molecule has 0 amide bonds. The van der Waals surface area contributed by atoms with Crippen LogP contribution >= 0.6 is 0 Å². The van der Waals surface area contributed by atoms with Crippen molar-refractivity contribution in [2.75, 3.05) is 0 Å². The largest absolute Gasteiger partial charge is 0.269 e. The summed E-state index contributed by atoms with van der Waals surface area (Å²) in [4.78, 5) is 55.5. The van der Waals surface area contributed by atoms with E-state index in [0.717, 1.165) is 83.5 Å². The summed E-state index contributed by atoms with van der Waals surface area (Å²) in [5.74, 6) is 0. The Hall–Kier alpha value is -10.4. The number of hydrogen-bond acceptors (Lipinski definition) is 6. The summed E-state index contributed by atoms with van der Waals surface area (Å²) in [5.41, 5.74) is 17.0. The number of rotatable bonds is 9. The van der Waals surface area contributed by atoms with Crippen LogP contribution in [-0.4, -0.2) is 28.2 Å². The maximum atomic E-state index is 13.5. The van der Waals surface area contributed by atoms with Gasteiger partial charge in [-0.25, -0.2) is 15.0 Å². The van der Waals surface area contributed by atoms with Crippen molar-refractivity contribution in [1.29, 1.82) is 0 Å². The van der Waals surface area contributed by atoms with Gasteiger partial charge in [-0.3, -0.25) is 27.6 Å². The van der Waals surface area contributed by atoms with Crippen LogP contribution in [0.4, 0.5) is 0 Å². The van der Waals surface area contributed by atoms with E-state index in [-0.39, 0.29) is 16.7 Å². The van der Waals surface area contributed by atoms with Gasteiger partial charge >= 0.3 is 0 Å². The molecular formula is C66H42N6O3. The van der Waals surface area contributed by atoms with E-state index in [0.29, 0.717) is 34.0 Å². The minimum atomic E-state index is -0.162. The van der Waals surface area contributed by atoms with E-state index in [2.05, 4.69) is 54.6 Å². The molecule has 0 N–H and O–H groups in total. The first-order valence-electron chi connectivity index (χ1n) is 24.6. The topological polar surface area (TPSA) is 103 Å². The molecule has 0 saturated carbocycles. The first kappa shape index (κ1) is 44.6. The zero-order chi connectivity index (χ0) is 50.4. The molecule has 9 nitrogen and oxygen atoms in total. The second-order valence-electron chi connectivity index (χ2n) is 18.4. The zero-order valence-electron chi connectivity index (χ0n) is 40.2. The van der Waals surface area contributed by atoms with Crippen molar-refractivity contribution in [1.82, 2.24) is 28.2 Å². The minimum Gasteiger partial charge on any atom is -0.269 e. The normalized spacial score (nSPS) is 11.4. The lowest BCUT2D eigenvalue weighted by Crippen LogP contribution is -2.14. The van der Waals surface area contributed by atoms with Gasteiger partial charge in [0.25, 0.3) is 16.7 Å². The Kier molecular flexibility index (Phi) is 11.1. The molecule has 0 aliphatic carbocycles. The highest BCUT2D eigenvalue weighted by Crippen LogP contribution is 2.42. The highest BCUT2D eigenvalue weighted by Gasteiger charge is 2.18. The molecule has 0 aliphatic heterocycles. The number of benzene rings is 7. The van der Waals surface area contributed by atoms with Crippen molar-refractivity contribution < 1.29 is 0 Å². The van der Waals surface area contributed by atoms with Crippen molar-refractivity contribution >= 4 is 16.9 Å². The Balaban J connectivity index is 0.999. The van der Waals surface area contributed by atoms with Gasteiger partial charge in [-0.15, -0.1) is 0 Å². The molecule has 9 heteroatoms. The van der Waals surface area contributed by atoms with E-state index in [1.54, 1.807) is 50.0 Å². The molecule has 354 valence electrons. The predicted octanol–water partition coefficient (Wildman–Crippen LogP) is 13.7. The molecule has 75 heavy (non-hydrogen) atoms. The number of nitrogens with zero attached hydrogens (tertiary/aromatic N) is 6. The van der Waals surface area contributed by atoms with Gasteiger partial charge in [0, 0.05) is 53.5 Å². The van der Waals surface area contributed by atoms with E-state index >= 15 is 0 Å². The summed E-state index contributed by atoms with van der Waals surface area (Å²) in [6, 6.07) is 77.4. The Morgan fingerprint density at radius 2 is 0.467 bits per heavy atom. The van der Waals surface area contributed by atoms with Crippen LogP contribution in [0, 0.1) is 0 Å². The standard InChI is InChI=1S/C66H42N6O3/c73-64-40-58(43-16-4-1-5-17-43)67-61-37-46(28-31-70(61)64)52-22-10-13-25-55(52)49-34-50(56-26-14-11-23-53(56)47-29-32-71-62(38-47)68-59(41-65(71)74)44-18-6-2-7-19-44)36-51(35-49)57-27-15-12-24-54(57)48-30-33-72-63(39-48)69-60(42-66(72)75)45-20-8-3-9-21-45/h1-42H. The average Bonchev–Trinajstić information content (AvgIpc) is 3.48. The summed E-state index contributed by atoms with van der Waals surface area (Å²) < 4.78 is 4.73. The molecule has 13 rings (SSSR count). The quantitative estimate of drug-likeness (QED) is 0.143. The van der Waals surface area contributed by atoms with Crippen molar-refractivity contribution in [3.05, 3.63) is 286 Å². The van der Waals surface area contributed by atoms with E-state index < -0.39 is 0 Å². The average molecular weight is 967 g/mol. The fraction of sp³-hybridized carbons (Fsp3) is 0. The van der Waals surface area contributed by atoms with Gasteiger partial charge in [0.15, 0.2) is 0 Å². The molecule has 0 radical (unpaired) electrons.